The molecule has 0 bridgehead atoms. The number of hydrogen-bond acceptors (Lipinski definition) is 3. The van der Waals surface area contributed by atoms with E-state index in [1.807, 2.05) is 0 Å². The maximum Gasteiger partial charge on any atom is 0.320 e. The van der Waals surface area contributed by atoms with Crippen molar-refractivity contribution in [3.05, 3.63) is 0 Å². The highest BCUT2D eigenvalue weighted by atomic mass is 35.5. The standard InChI is InChI=1S/C5H7ClO4/c6-3-5(9)10-2-1-4(7)8/h1-3H2,(H,7,8). The summed E-state index contributed by atoms with van der Waals surface area (Å²) in [7, 11) is 0. The van der Waals surface area contributed by atoms with Crippen LogP contribution < -0.4 is 0 Å². The van der Waals surface area contributed by atoms with Gasteiger partial charge in [-0.15, -0.1) is 11.6 Å². The van der Waals surface area contributed by atoms with Crippen LogP contribution in [0, 0.1) is 0 Å². The van der Waals surface area contributed by atoms with Gasteiger partial charge in [-0.3, -0.25) is 9.59 Å². The van der Waals surface area contributed by atoms with Gasteiger partial charge in [0, 0.05) is 0 Å². The SMILES string of the molecule is O=C(O)CCOC(=O)CCl. The van der Waals surface area contributed by atoms with Crippen molar-refractivity contribution in [3.8, 4) is 0 Å². The third-order valence-electron chi connectivity index (χ3n) is 0.688. The summed E-state index contributed by atoms with van der Waals surface area (Å²) in [6, 6.07) is 0. The molecule has 0 saturated carbocycles. The number of aliphatic carboxylic acids is 1. The Kier molecular flexibility index (Phi) is 4.66. The molecule has 0 aliphatic heterocycles. The Bertz CT molecular complexity index is 134. The minimum absolute atomic E-state index is 0.110. The largest absolute Gasteiger partial charge is 0.481 e. The Morgan fingerprint density at radius 1 is 1.50 bits per heavy atom. The van der Waals surface area contributed by atoms with Crippen molar-refractivity contribution in [2.24, 2.45) is 0 Å². The van der Waals surface area contributed by atoms with Gasteiger partial charge >= 0.3 is 11.9 Å². The Morgan fingerprint density at radius 2 is 2.10 bits per heavy atom. The summed E-state index contributed by atoms with van der Waals surface area (Å²) >= 11 is 5.05. The van der Waals surface area contributed by atoms with E-state index in [4.69, 9.17) is 16.7 Å². The van der Waals surface area contributed by atoms with Crippen LogP contribution in [0.25, 0.3) is 0 Å². The van der Waals surface area contributed by atoms with Gasteiger partial charge in [-0.1, -0.05) is 0 Å². The van der Waals surface area contributed by atoms with E-state index in [1.54, 1.807) is 0 Å². The van der Waals surface area contributed by atoms with Crippen molar-refractivity contribution in [1.82, 2.24) is 0 Å². The van der Waals surface area contributed by atoms with Crippen molar-refractivity contribution in [3.63, 3.8) is 0 Å². The van der Waals surface area contributed by atoms with Crippen molar-refractivity contribution >= 4 is 23.5 Å². The number of ether oxygens (including phenoxy) is 1. The van der Waals surface area contributed by atoms with Crippen LogP contribution in [0.2, 0.25) is 0 Å². The van der Waals surface area contributed by atoms with E-state index in [1.165, 1.54) is 0 Å². The fourth-order valence-corrected chi connectivity index (χ4v) is 0.368. The van der Waals surface area contributed by atoms with E-state index in [9.17, 15) is 9.59 Å². The molecule has 0 aromatic rings. The molecule has 0 amide bonds. The smallest absolute Gasteiger partial charge is 0.320 e. The molecule has 0 rings (SSSR count). The summed E-state index contributed by atoms with van der Waals surface area (Å²) in [5.41, 5.74) is 0. The molecule has 0 heterocycles. The molecule has 0 radical (unpaired) electrons. The van der Waals surface area contributed by atoms with Gasteiger partial charge in [0.1, 0.15) is 12.5 Å². The third kappa shape index (κ3) is 5.37. The number of carboxylic acids is 1. The molecule has 0 atom stereocenters. The topological polar surface area (TPSA) is 63.6 Å². The van der Waals surface area contributed by atoms with Crippen LogP contribution in [0.4, 0.5) is 0 Å². The second-order valence-electron chi connectivity index (χ2n) is 1.50. The Labute approximate surface area is 62.7 Å². The van der Waals surface area contributed by atoms with Crippen LogP contribution in [0.3, 0.4) is 0 Å². The molecule has 1 N–H and O–H groups in total. The number of carbonyl (C=O) groups excluding carboxylic acids is 1. The first-order valence-corrected chi connectivity index (χ1v) is 3.13. The highest BCUT2D eigenvalue weighted by Crippen LogP contribution is 1.85. The van der Waals surface area contributed by atoms with Gasteiger partial charge in [-0.2, -0.15) is 0 Å². The highest BCUT2D eigenvalue weighted by Gasteiger charge is 2.01. The zero-order valence-electron chi connectivity index (χ0n) is 5.17. The normalized spacial score (nSPS) is 8.90. The number of carboxylic acid groups (broad SMARTS) is 1. The van der Waals surface area contributed by atoms with Crippen molar-refractivity contribution < 1.29 is 19.4 Å². The lowest BCUT2D eigenvalue weighted by molar-refractivity contribution is -0.144. The number of carbonyl (C=O) groups is 2. The summed E-state index contributed by atoms with van der Waals surface area (Å²) in [6.45, 7) is -0.110. The van der Waals surface area contributed by atoms with Crippen LogP contribution in [0.15, 0.2) is 0 Å². The molecule has 10 heavy (non-hydrogen) atoms. The summed E-state index contributed by atoms with van der Waals surface area (Å²) in [5, 5.41) is 8.07. The minimum Gasteiger partial charge on any atom is -0.481 e. The zero-order chi connectivity index (χ0) is 7.98. The summed E-state index contributed by atoms with van der Waals surface area (Å²) in [5.74, 6) is -1.83. The quantitative estimate of drug-likeness (QED) is 0.480. The second kappa shape index (κ2) is 5.05. The second-order valence-corrected chi connectivity index (χ2v) is 1.77. The average Bonchev–Trinajstić information content (AvgIpc) is 1.87. The van der Waals surface area contributed by atoms with Gasteiger partial charge in [-0.05, 0) is 0 Å². The first-order chi connectivity index (χ1) is 4.66. The first-order valence-electron chi connectivity index (χ1n) is 2.60. The highest BCUT2D eigenvalue weighted by molar-refractivity contribution is 6.26. The van der Waals surface area contributed by atoms with Crippen molar-refractivity contribution in [2.75, 3.05) is 12.5 Å². The van der Waals surface area contributed by atoms with Gasteiger partial charge in [-0.25, -0.2) is 0 Å². The average molecular weight is 167 g/mol. The van der Waals surface area contributed by atoms with E-state index < -0.39 is 11.9 Å². The summed E-state index contributed by atoms with van der Waals surface area (Å²) in [4.78, 5) is 20.1. The lowest BCUT2D eigenvalue weighted by atomic mass is 10.5. The first kappa shape index (κ1) is 9.23. The van der Waals surface area contributed by atoms with E-state index in [0.717, 1.165) is 0 Å². The van der Waals surface area contributed by atoms with E-state index >= 15 is 0 Å². The molecule has 0 aliphatic rings. The Hall–Kier alpha value is -0.770. The summed E-state index contributed by atoms with van der Waals surface area (Å²) in [6.07, 6.45) is -0.178. The molecule has 0 fully saturated rings. The number of rotatable bonds is 4. The van der Waals surface area contributed by atoms with Gasteiger partial charge in [0.2, 0.25) is 0 Å². The summed E-state index contributed by atoms with van der Waals surface area (Å²) < 4.78 is 4.35. The molecule has 0 aliphatic carbocycles. The van der Waals surface area contributed by atoms with Crippen LogP contribution in [0.5, 0.6) is 0 Å². The molecular formula is C5H7ClO4. The van der Waals surface area contributed by atoms with Crippen molar-refractivity contribution in [1.29, 1.82) is 0 Å². The van der Waals surface area contributed by atoms with E-state index in [-0.39, 0.29) is 18.9 Å². The van der Waals surface area contributed by atoms with Crippen molar-refractivity contribution in [2.45, 2.75) is 6.42 Å². The fourth-order valence-electron chi connectivity index (χ4n) is 0.291. The molecule has 0 spiro atoms. The maximum absolute atomic E-state index is 10.2. The number of halogens is 1. The van der Waals surface area contributed by atoms with Crippen LogP contribution in [0.1, 0.15) is 6.42 Å². The molecule has 4 nitrogen and oxygen atoms in total. The number of esters is 1. The minimum atomic E-state index is -0.998. The molecule has 58 valence electrons. The molecule has 0 saturated heterocycles. The zero-order valence-corrected chi connectivity index (χ0v) is 5.93. The van der Waals surface area contributed by atoms with E-state index in [0.29, 0.717) is 0 Å². The van der Waals surface area contributed by atoms with Gasteiger partial charge in [0.25, 0.3) is 0 Å². The maximum atomic E-state index is 10.2. The van der Waals surface area contributed by atoms with Gasteiger partial charge < -0.3 is 9.84 Å². The Morgan fingerprint density at radius 3 is 2.50 bits per heavy atom. The number of alkyl halides is 1. The molecule has 0 aromatic carbocycles. The predicted octanol–water partition coefficient (Wildman–Crippen LogP) is 0.243. The van der Waals surface area contributed by atoms with Crippen LogP contribution in [-0.2, 0) is 14.3 Å². The van der Waals surface area contributed by atoms with Gasteiger partial charge in [0.15, 0.2) is 0 Å². The lowest BCUT2D eigenvalue weighted by Crippen LogP contribution is -2.09. The fraction of sp³-hybridized carbons (Fsp3) is 0.600. The molecule has 0 aromatic heterocycles. The lowest BCUT2D eigenvalue weighted by Gasteiger charge is -1.97. The molecule has 0 unspecified atom stereocenters. The van der Waals surface area contributed by atoms with Gasteiger partial charge in [0.05, 0.1) is 6.42 Å². The predicted molar refractivity (Wildman–Crippen MR) is 33.9 cm³/mol. The molecule has 5 heteroatoms. The van der Waals surface area contributed by atoms with Crippen LogP contribution >= 0.6 is 11.6 Å². The monoisotopic (exact) mass is 166 g/mol. The van der Waals surface area contributed by atoms with E-state index in [2.05, 4.69) is 4.74 Å². The third-order valence-corrected chi connectivity index (χ3v) is 0.906. The number of hydrogen-bond donors (Lipinski definition) is 1. The Balaban J connectivity index is 3.20. The van der Waals surface area contributed by atoms with Crippen LogP contribution in [-0.4, -0.2) is 29.5 Å². The molecular weight excluding hydrogens is 160 g/mol.